The first-order valence-electron chi connectivity index (χ1n) is 6.35. The summed E-state index contributed by atoms with van der Waals surface area (Å²) in [5.74, 6) is 0.720. The molecule has 0 aromatic rings. The number of carbonyl (C=O) groups excluding carboxylic acids is 1. The van der Waals surface area contributed by atoms with Crippen molar-refractivity contribution in [2.45, 2.75) is 45.7 Å². The fourth-order valence-corrected chi connectivity index (χ4v) is 2.30. The van der Waals surface area contributed by atoms with Gasteiger partial charge in [-0.2, -0.15) is 5.26 Å². The van der Waals surface area contributed by atoms with Gasteiger partial charge in [-0.1, -0.05) is 13.8 Å². The number of nitrogens with zero attached hydrogens (tertiary/aromatic N) is 3. The fraction of sp³-hybridized carbons (Fsp3) is 0.846. The molecule has 0 aromatic heterocycles. The lowest BCUT2D eigenvalue weighted by atomic mass is 10.0. The molecule has 1 heterocycles. The normalized spacial score (nSPS) is 26.4. The van der Waals surface area contributed by atoms with Gasteiger partial charge in [-0.15, -0.1) is 0 Å². The Hall–Kier alpha value is -1.08. The first kappa shape index (κ1) is 14.0. The molecule has 0 N–H and O–H groups in total. The third kappa shape index (κ3) is 3.44. The van der Waals surface area contributed by atoms with E-state index < -0.39 is 0 Å². The minimum absolute atomic E-state index is 0.119. The van der Waals surface area contributed by atoms with E-state index in [2.05, 4.69) is 26.8 Å². The molecule has 4 nitrogen and oxygen atoms in total. The lowest BCUT2D eigenvalue weighted by Crippen LogP contribution is -2.59. The van der Waals surface area contributed by atoms with Crippen LogP contribution in [0.1, 0.15) is 33.6 Å². The van der Waals surface area contributed by atoms with Crippen molar-refractivity contribution >= 4 is 5.91 Å². The van der Waals surface area contributed by atoms with Crippen molar-refractivity contribution in [3.8, 4) is 6.07 Å². The summed E-state index contributed by atoms with van der Waals surface area (Å²) in [6.07, 6.45) is 1.32. The van der Waals surface area contributed by atoms with E-state index in [9.17, 15) is 4.79 Å². The van der Waals surface area contributed by atoms with Crippen LogP contribution in [0.5, 0.6) is 0 Å². The lowest BCUT2D eigenvalue weighted by Gasteiger charge is -2.42. The summed E-state index contributed by atoms with van der Waals surface area (Å²) in [7, 11) is 1.93. The number of likely N-dealkylation sites (N-methyl/N-ethyl adjacent to an activating group) is 1. The zero-order chi connectivity index (χ0) is 13.0. The standard InChI is InChI=1S/C13H23N3O/c1-10(2)6-8-16-11(3)9-15(4)12(5-7-14)13(16)17/h10-12H,5-6,8-9H2,1-4H3. The van der Waals surface area contributed by atoms with Crippen LogP contribution in [0.3, 0.4) is 0 Å². The van der Waals surface area contributed by atoms with Gasteiger partial charge in [-0.25, -0.2) is 0 Å². The van der Waals surface area contributed by atoms with Crippen LogP contribution in [-0.4, -0.2) is 47.9 Å². The smallest absolute Gasteiger partial charge is 0.241 e. The molecule has 96 valence electrons. The average molecular weight is 237 g/mol. The van der Waals surface area contributed by atoms with E-state index in [0.29, 0.717) is 12.3 Å². The van der Waals surface area contributed by atoms with Gasteiger partial charge in [-0.05, 0) is 26.3 Å². The van der Waals surface area contributed by atoms with E-state index in [-0.39, 0.29) is 18.0 Å². The molecule has 0 saturated carbocycles. The Kier molecular flexibility index (Phi) is 4.95. The van der Waals surface area contributed by atoms with Gasteiger partial charge < -0.3 is 4.90 Å². The van der Waals surface area contributed by atoms with Gasteiger partial charge in [0.25, 0.3) is 0 Å². The van der Waals surface area contributed by atoms with Gasteiger partial charge in [0, 0.05) is 19.1 Å². The van der Waals surface area contributed by atoms with Crippen molar-refractivity contribution in [2.75, 3.05) is 20.1 Å². The van der Waals surface area contributed by atoms with E-state index in [4.69, 9.17) is 5.26 Å². The largest absolute Gasteiger partial charge is 0.337 e. The Labute approximate surface area is 104 Å². The molecule has 2 unspecified atom stereocenters. The SMILES string of the molecule is CC(C)CCN1C(=O)C(CC#N)N(C)CC1C. The number of hydrogen-bond donors (Lipinski definition) is 0. The molecule has 1 aliphatic heterocycles. The van der Waals surface area contributed by atoms with Gasteiger partial charge >= 0.3 is 0 Å². The molecule has 1 aliphatic rings. The Morgan fingerprint density at radius 2 is 2.18 bits per heavy atom. The van der Waals surface area contributed by atoms with Gasteiger partial charge in [-0.3, -0.25) is 9.69 Å². The van der Waals surface area contributed by atoms with Crippen molar-refractivity contribution in [2.24, 2.45) is 5.92 Å². The number of carbonyl (C=O) groups is 1. The molecule has 0 spiro atoms. The van der Waals surface area contributed by atoms with Crippen LogP contribution in [0.15, 0.2) is 0 Å². The number of hydrogen-bond acceptors (Lipinski definition) is 3. The average Bonchev–Trinajstić information content (AvgIpc) is 2.23. The second-order valence-corrected chi connectivity index (χ2v) is 5.38. The van der Waals surface area contributed by atoms with Crippen LogP contribution in [0.4, 0.5) is 0 Å². The molecule has 0 aliphatic carbocycles. The number of rotatable bonds is 4. The molecular formula is C13H23N3O. The lowest BCUT2D eigenvalue weighted by molar-refractivity contribution is -0.144. The van der Waals surface area contributed by atoms with Crippen LogP contribution < -0.4 is 0 Å². The third-order valence-electron chi connectivity index (χ3n) is 3.42. The van der Waals surface area contributed by atoms with E-state index in [0.717, 1.165) is 19.5 Å². The molecule has 17 heavy (non-hydrogen) atoms. The van der Waals surface area contributed by atoms with Crippen LogP contribution in [-0.2, 0) is 4.79 Å². The summed E-state index contributed by atoms with van der Waals surface area (Å²) in [6, 6.07) is 2.11. The Balaban J connectivity index is 2.69. The highest BCUT2D eigenvalue weighted by atomic mass is 16.2. The Bertz CT molecular complexity index is 308. The monoisotopic (exact) mass is 237 g/mol. The quantitative estimate of drug-likeness (QED) is 0.744. The molecule has 4 heteroatoms. The van der Waals surface area contributed by atoms with E-state index in [1.165, 1.54) is 0 Å². The highest BCUT2D eigenvalue weighted by Gasteiger charge is 2.36. The van der Waals surface area contributed by atoms with E-state index in [1.807, 2.05) is 16.8 Å². The second kappa shape index (κ2) is 6.02. The molecule has 1 fully saturated rings. The summed E-state index contributed by atoms with van der Waals surface area (Å²) >= 11 is 0. The van der Waals surface area contributed by atoms with Gasteiger partial charge in [0.15, 0.2) is 0 Å². The van der Waals surface area contributed by atoms with Crippen molar-refractivity contribution in [3.63, 3.8) is 0 Å². The second-order valence-electron chi connectivity index (χ2n) is 5.38. The van der Waals surface area contributed by atoms with Gasteiger partial charge in [0.2, 0.25) is 5.91 Å². The number of piperazine rings is 1. The first-order chi connectivity index (χ1) is 7.97. The van der Waals surface area contributed by atoms with Gasteiger partial charge in [0.05, 0.1) is 12.5 Å². The predicted octanol–water partition coefficient (Wildman–Crippen LogP) is 1.48. The predicted molar refractivity (Wildman–Crippen MR) is 67.3 cm³/mol. The zero-order valence-corrected chi connectivity index (χ0v) is 11.3. The summed E-state index contributed by atoms with van der Waals surface area (Å²) in [6.45, 7) is 8.08. The van der Waals surface area contributed by atoms with Crippen LogP contribution in [0, 0.1) is 17.2 Å². The molecule has 2 atom stereocenters. The molecule has 1 saturated heterocycles. The molecule has 0 aromatic carbocycles. The Morgan fingerprint density at radius 1 is 1.53 bits per heavy atom. The summed E-state index contributed by atoms with van der Waals surface area (Å²) in [4.78, 5) is 16.2. The maximum atomic E-state index is 12.3. The maximum absolute atomic E-state index is 12.3. The van der Waals surface area contributed by atoms with Gasteiger partial charge in [0.1, 0.15) is 6.04 Å². The maximum Gasteiger partial charge on any atom is 0.241 e. The fourth-order valence-electron chi connectivity index (χ4n) is 2.30. The molecule has 0 bridgehead atoms. The van der Waals surface area contributed by atoms with E-state index in [1.54, 1.807) is 0 Å². The summed E-state index contributed by atoms with van der Waals surface area (Å²) in [5.41, 5.74) is 0. The molecule has 0 radical (unpaired) electrons. The highest BCUT2D eigenvalue weighted by Crippen LogP contribution is 2.18. The van der Waals surface area contributed by atoms with Crippen LogP contribution in [0.2, 0.25) is 0 Å². The minimum atomic E-state index is -0.247. The Morgan fingerprint density at radius 3 is 2.71 bits per heavy atom. The van der Waals surface area contributed by atoms with Crippen molar-refractivity contribution in [1.82, 2.24) is 9.80 Å². The third-order valence-corrected chi connectivity index (χ3v) is 3.42. The van der Waals surface area contributed by atoms with Crippen LogP contribution in [0.25, 0.3) is 0 Å². The van der Waals surface area contributed by atoms with Crippen molar-refractivity contribution in [1.29, 1.82) is 5.26 Å². The highest BCUT2D eigenvalue weighted by molar-refractivity contribution is 5.83. The number of amides is 1. The topological polar surface area (TPSA) is 47.3 Å². The van der Waals surface area contributed by atoms with Crippen molar-refractivity contribution < 1.29 is 4.79 Å². The molecular weight excluding hydrogens is 214 g/mol. The number of nitriles is 1. The molecule has 1 rings (SSSR count). The van der Waals surface area contributed by atoms with Crippen molar-refractivity contribution in [3.05, 3.63) is 0 Å². The molecule has 1 amide bonds. The summed E-state index contributed by atoms with van der Waals surface area (Å²) in [5, 5.41) is 8.78. The minimum Gasteiger partial charge on any atom is -0.337 e. The first-order valence-corrected chi connectivity index (χ1v) is 6.35. The zero-order valence-electron chi connectivity index (χ0n) is 11.3. The van der Waals surface area contributed by atoms with E-state index >= 15 is 0 Å². The summed E-state index contributed by atoms with van der Waals surface area (Å²) < 4.78 is 0. The van der Waals surface area contributed by atoms with Crippen LogP contribution >= 0.6 is 0 Å².